The van der Waals surface area contributed by atoms with Gasteiger partial charge in [-0.15, -0.1) is 11.3 Å². The SMILES string of the molecule is C[C@@H](CN)NS(=O)(=O)c1cc(Br)sc1Cl. The van der Waals surface area contributed by atoms with Crippen LogP contribution in [0.3, 0.4) is 0 Å². The molecule has 0 aliphatic heterocycles. The van der Waals surface area contributed by atoms with Gasteiger partial charge >= 0.3 is 0 Å². The maximum absolute atomic E-state index is 11.8. The standard InChI is InChI=1S/C7H10BrClN2O2S2/c1-4(3-10)11-15(12,13)5-2-6(8)14-7(5)9/h2,4,11H,3,10H2,1H3/t4-/m0/s1. The Morgan fingerprint density at radius 2 is 2.33 bits per heavy atom. The Hall–Kier alpha value is 0.340. The van der Waals surface area contributed by atoms with E-state index in [2.05, 4.69) is 20.7 Å². The molecule has 0 bridgehead atoms. The first-order valence-electron chi connectivity index (χ1n) is 4.04. The smallest absolute Gasteiger partial charge is 0.243 e. The first kappa shape index (κ1) is 13.4. The van der Waals surface area contributed by atoms with Crippen molar-refractivity contribution in [3.63, 3.8) is 0 Å². The number of thiophene rings is 1. The molecule has 4 nitrogen and oxygen atoms in total. The molecule has 3 N–H and O–H groups in total. The Kier molecular flexibility index (Phi) is 4.57. The van der Waals surface area contributed by atoms with E-state index in [0.717, 1.165) is 11.3 Å². The average Bonchev–Trinajstić information content (AvgIpc) is 2.45. The zero-order valence-corrected chi connectivity index (χ0v) is 11.8. The Morgan fingerprint density at radius 1 is 1.73 bits per heavy atom. The number of rotatable bonds is 4. The highest BCUT2D eigenvalue weighted by Gasteiger charge is 2.22. The summed E-state index contributed by atoms with van der Waals surface area (Å²) in [5.41, 5.74) is 5.33. The highest BCUT2D eigenvalue weighted by atomic mass is 79.9. The third-order valence-electron chi connectivity index (χ3n) is 1.62. The lowest BCUT2D eigenvalue weighted by molar-refractivity contribution is 0.563. The average molecular weight is 334 g/mol. The molecule has 1 aromatic heterocycles. The highest BCUT2D eigenvalue weighted by molar-refractivity contribution is 9.11. The Morgan fingerprint density at radius 3 is 2.73 bits per heavy atom. The molecule has 0 fully saturated rings. The van der Waals surface area contributed by atoms with E-state index in [-0.39, 0.29) is 21.8 Å². The summed E-state index contributed by atoms with van der Waals surface area (Å²) >= 11 is 10.1. The first-order chi connectivity index (χ1) is 6.86. The molecule has 1 heterocycles. The molecule has 15 heavy (non-hydrogen) atoms. The summed E-state index contributed by atoms with van der Waals surface area (Å²) in [6.07, 6.45) is 0. The highest BCUT2D eigenvalue weighted by Crippen LogP contribution is 2.34. The molecule has 0 spiro atoms. The van der Waals surface area contributed by atoms with E-state index < -0.39 is 10.0 Å². The minimum Gasteiger partial charge on any atom is -0.329 e. The minimum atomic E-state index is -3.56. The van der Waals surface area contributed by atoms with E-state index in [1.165, 1.54) is 6.07 Å². The van der Waals surface area contributed by atoms with Crippen LogP contribution in [0.1, 0.15) is 6.92 Å². The fraction of sp³-hybridized carbons (Fsp3) is 0.429. The van der Waals surface area contributed by atoms with Crippen LogP contribution in [0.4, 0.5) is 0 Å². The van der Waals surface area contributed by atoms with Crippen molar-refractivity contribution in [2.24, 2.45) is 5.73 Å². The third-order valence-corrected chi connectivity index (χ3v) is 5.34. The number of nitrogens with two attached hydrogens (primary N) is 1. The molecule has 0 saturated carbocycles. The normalized spacial score (nSPS) is 14.1. The van der Waals surface area contributed by atoms with Gasteiger partial charge in [-0.05, 0) is 28.9 Å². The third kappa shape index (κ3) is 3.40. The van der Waals surface area contributed by atoms with Gasteiger partial charge in [0.05, 0.1) is 3.79 Å². The second-order valence-electron chi connectivity index (χ2n) is 2.95. The van der Waals surface area contributed by atoms with E-state index in [0.29, 0.717) is 3.79 Å². The van der Waals surface area contributed by atoms with Crippen molar-refractivity contribution in [3.8, 4) is 0 Å². The summed E-state index contributed by atoms with van der Waals surface area (Å²) in [5, 5.41) is 0. The molecular weight excluding hydrogens is 324 g/mol. The summed E-state index contributed by atoms with van der Waals surface area (Å²) in [7, 11) is -3.56. The van der Waals surface area contributed by atoms with Gasteiger partial charge in [0.2, 0.25) is 10.0 Å². The van der Waals surface area contributed by atoms with E-state index in [4.69, 9.17) is 17.3 Å². The largest absolute Gasteiger partial charge is 0.329 e. The van der Waals surface area contributed by atoms with Gasteiger partial charge in [0.1, 0.15) is 9.23 Å². The van der Waals surface area contributed by atoms with Gasteiger partial charge in [-0.25, -0.2) is 13.1 Å². The second-order valence-corrected chi connectivity index (χ2v) is 7.66. The summed E-state index contributed by atoms with van der Waals surface area (Å²) in [6.45, 7) is 1.93. The number of hydrogen-bond acceptors (Lipinski definition) is 4. The summed E-state index contributed by atoms with van der Waals surface area (Å²) < 4.78 is 26.9. The second kappa shape index (κ2) is 5.11. The predicted octanol–water partition coefficient (Wildman–Crippen LogP) is 1.79. The molecule has 0 radical (unpaired) electrons. The molecule has 8 heteroatoms. The molecular formula is C7H10BrClN2O2S2. The zero-order valence-electron chi connectivity index (χ0n) is 7.83. The summed E-state index contributed by atoms with van der Waals surface area (Å²) in [4.78, 5) is 0.0846. The van der Waals surface area contributed by atoms with Crippen LogP contribution in [0.2, 0.25) is 4.34 Å². The zero-order chi connectivity index (χ0) is 11.6. The lowest BCUT2D eigenvalue weighted by Gasteiger charge is -2.10. The maximum Gasteiger partial charge on any atom is 0.243 e. The van der Waals surface area contributed by atoms with Crippen LogP contribution in [0.15, 0.2) is 14.7 Å². The molecule has 0 aromatic carbocycles. The lowest BCUT2D eigenvalue weighted by Crippen LogP contribution is -2.37. The van der Waals surface area contributed by atoms with Gasteiger partial charge < -0.3 is 5.73 Å². The number of hydrogen-bond donors (Lipinski definition) is 2. The number of sulfonamides is 1. The van der Waals surface area contributed by atoms with Crippen molar-refractivity contribution in [1.82, 2.24) is 4.72 Å². The molecule has 1 rings (SSSR count). The van der Waals surface area contributed by atoms with Crippen LogP contribution in [0.5, 0.6) is 0 Å². The van der Waals surface area contributed by atoms with Gasteiger partial charge in [-0.1, -0.05) is 11.6 Å². The summed E-state index contributed by atoms with van der Waals surface area (Å²) in [6, 6.07) is 1.16. The Bertz CT molecular complexity index is 446. The monoisotopic (exact) mass is 332 g/mol. The molecule has 1 atom stereocenters. The van der Waals surface area contributed by atoms with E-state index >= 15 is 0 Å². The van der Waals surface area contributed by atoms with E-state index in [1.807, 2.05) is 0 Å². The van der Waals surface area contributed by atoms with Crippen molar-refractivity contribution in [3.05, 3.63) is 14.2 Å². The fourth-order valence-electron chi connectivity index (χ4n) is 0.885. The molecule has 0 aliphatic rings. The number of nitrogens with one attached hydrogen (secondary N) is 1. The van der Waals surface area contributed by atoms with Crippen molar-refractivity contribution < 1.29 is 8.42 Å². The predicted molar refractivity (Wildman–Crippen MR) is 65.9 cm³/mol. The molecule has 86 valence electrons. The van der Waals surface area contributed by atoms with E-state index in [9.17, 15) is 8.42 Å². The van der Waals surface area contributed by atoms with Gasteiger partial charge in [0, 0.05) is 12.6 Å². The van der Waals surface area contributed by atoms with E-state index in [1.54, 1.807) is 6.92 Å². The number of halogens is 2. The molecule has 0 amide bonds. The van der Waals surface area contributed by atoms with Crippen LogP contribution in [0, 0.1) is 0 Å². The van der Waals surface area contributed by atoms with Crippen molar-refractivity contribution in [2.45, 2.75) is 17.9 Å². The van der Waals surface area contributed by atoms with Gasteiger partial charge in [0.15, 0.2) is 0 Å². The van der Waals surface area contributed by atoms with Crippen molar-refractivity contribution in [2.75, 3.05) is 6.54 Å². The van der Waals surface area contributed by atoms with Crippen LogP contribution in [0.25, 0.3) is 0 Å². The van der Waals surface area contributed by atoms with Crippen LogP contribution in [-0.4, -0.2) is 21.0 Å². The first-order valence-corrected chi connectivity index (χ1v) is 7.51. The maximum atomic E-state index is 11.8. The van der Waals surface area contributed by atoms with Crippen LogP contribution < -0.4 is 10.5 Å². The van der Waals surface area contributed by atoms with Crippen LogP contribution in [-0.2, 0) is 10.0 Å². The molecule has 0 saturated heterocycles. The Balaban J connectivity index is 3.01. The fourth-order valence-corrected chi connectivity index (χ4v) is 4.91. The molecule has 0 aliphatic carbocycles. The molecule has 0 unspecified atom stereocenters. The van der Waals surface area contributed by atoms with Gasteiger partial charge in [-0.3, -0.25) is 0 Å². The van der Waals surface area contributed by atoms with Crippen LogP contribution >= 0.6 is 38.9 Å². The van der Waals surface area contributed by atoms with Crippen molar-refractivity contribution >= 4 is 48.9 Å². The minimum absolute atomic E-state index is 0.0846. The molecule has 1 aromatic rings. The van der Waals surface area contributed by atoms with Gasteiger partial charge in [-0.2, -0.15) is 0 Å². The lowest BCUT2D eigenvalue weighted by atomic mass is 10.4. The quantitative estimate of drug-likeness (QED) is 0.882. The Labute approximate surface area is 106 Å². The van der Waals surface area contributed by atoms with Crippen molar-refractivity contribution in [1.29, 1.82) is 0 Å². The van der Waals surface area contributed by atoms with Gasteiger partial charge in [0.25, 0.3) is 0 Å². The topological polar surface area (TPSA) is 72.2 Å². The summed E-state index contributed by atoms with van der Waals surface area (Å²) in [5.74, 6) is 0.